The lowest BCUT2D eigenvalue weighted by Crippen LogP contribution is -3.61. The Labute approximate surface area is 217 Å². The first kappa shape index (κ1) is 26.6. The molecule has 0 amide bonds. The van der Waals surface area contributed by atoms with E-state index in [9.17, 15) is 35.7 Å². The number of alkyl halides is 3. The van der Waals surface area contributed by atoms with E-state index in [2.05, 4.69) is 0 Å². The molecule has 2 heterocycles. The summed E-state index contributed by atoms with van der Waals surface area (Å²) >= 11 is -0.465. The molecule has 0 unspecified atom stereocenters. The fourth-order valence-electron chi connectivity index (χ4n) is 3.12. The molecule has 0 N–H and O–H groups in total. The van der Waals surface area contributed by atoms with Gasteiger partial charge in [0.1, 0.15) is 21.3 Å². The summed E-state index contributed by atoms with van der Waals surface area (Å²) in [5.74, 6) is 0. The van der Waals surface area contributed by atoms with Gasteiger partial charge in [-0.3, -0.25) is 0 Å². The number of hydrogen-bond donors (Lipinski definition) is 0. The second-order valence-corrected chi connectivity index (χ2v) is 11.9. The van der Waals surface area contributed by atoms with Crippen LogP contribution in [0.4, 0.5) is 13.2 Å². The normalized spacial score (nSPS) is 11.8. The smallest absolute Gasteiger partial charge is 0.416 e. The molecule has 3 aromatic carbocycles. The van der Waals surface area contributed by atoms with Crippen molar-refractivity contribution in [1.82, 2.24) is 0 Å². The highest BCUT2D eigenvalue weighted by Gasteiger charge is 2.30. The molecule has 5 rings (SSSR count). The van der Waals surface area contributed by atoms with Gasteiger partial charge < -0.3 is 13.4 Å². The predicted molar refractivity (Wildman–Crippen MR) is 122 cm³/mol. The summed E-state index contributed by atoms with van der Waals surface area (Å²) in [6.07, 6.45) is -4.54. The van der Waals surface area contributed by atoms with Crippen LogP contribution >= 0.6 is 0 Å². The summed E-state index contributed by atoms with van der Waals surface area (Å²) in [5, 5.41) is 1.81. The topological polar surface area (TPSA) is 118 Å². The maximum absolute atomic E-state index is 12.0. The van der Waals surface area contributed by atoms with Crippen molar-refractivity contribution in [2.75, 3.05) is 0 Å². The molecule has 0 saturated heterocycles. The van der Waals surface area contributed by atoms with Gasteiger partial charge in [0.05, 0.1) is 10.5 Å². The van der Waals surface area contributed by atoms with Crippen molar-refractivity contribution in [3.05, 3.63) is 118 Å². The molecular weight excluding hydrogens is 628 g/mol. The molecule has 0 spiro atoms. The van der Waals surface area contributed by atoms with E-state index in [0.717, 1.165) is 17.9 Å². The monoisotopic (exact) mass is 642 g/mol. The molecule has 7 nitrogen and oxygen atoms in total. The van der Waals surface area contributed by atoms with Crippen LogP contribution in [0.3, 0.4) is 0 Å². The van der Waals surface area contributed by atoms with Gasteiger partial charge >= 0.3 is 38.6 Å². The van der Waals surface area contributed by atoms with Crippen LogP contribution in [0.15, 0.2) is 108 Å². The number of halogens is 4. The summed E-state index contributed by atoms with van der Waals surface area (Å²) in [6.45, 7) is 0. The van der Waals surface area contributed by atoms with Crippen molar-refractivity contribution >= 4 is 32.1 Å². The molecule has 190 valence electrons. The molecule has 2 aromatic heterocycles. The second kappa shape index (κ2) is 10.5. The van der Waals surface area contributed by atoms with Crippen LogP contribution in [0.25, 0.3) is 21.9 Å². The Morgan fingerprint density at radius 3 is 1.51 bits per heavy atom. The van der Waals surface area contributed by atoms with Crippen molar-refractivity contribution in [2.45, 2.75) is 11.1 Å². The van der Waals surface area contributed by atoms with Crippen LogP contribution in [0.2, 0.25) is 0 Å². The van der Waals surface area contributed by atoms with E-state index in [-0.39, 0.29) is 11.3 Å². The first-order valence-corrected chi connectivity index (χ1v) is 13.8. The molecule has 0 atom stereocenters. The average molecular weight is 642 g/mol. The fraction of sp³-hybridized carbons (Fsp3) is 0.0400. The lowest BCUT2D eigenvalue weighted by Gasteiger charge is -2.09. The maximum atomic E-state index is 12.0. The summed E-state index contributed by atoms with van der Waals surface area (Å²) in [4.78, 5) is 22.0. The van der Waals surface area contributed by atoms with Crippen LogP contribution < -0.4 is 32.5 Å². The highest BCUT2D eigenvalue weighted by molar-refractivity contribution is 7.85. The molecule has 5 aromatic rings. The number of fused-ring (bicyclic) bond motifs is 2. The zero-order chi connectivity index (χ0) is 26.8. The average Bonchev–Trinajstić information content (AvgIpc) is 2.83. The zero-order valence-electron chi connectivity index (χ0n) is 18.4. The molecule has 0 fully saturated rings. The van der Waals surface area contributed by atoms with Crippen LogP contribution in [-0.4, -0.2) is 13.0 Å². The SMILES string of the molecule is O=S(=O)([O-])c1ccc(C(F)(F)F)cc1.O=c1ccc2ccc([I+]c3ccc4ccc(=O)oc4c3)cc2o1. The van der Waals surface area contributed by atoms with E-state index in [4.69, 9.17) is 8.83 Å². The van der Waals surface area contributed by atoms with Crippen LogP contribution in [0.1, 0.15) is 5.56 Å². The number of rotatable bonds is 3. The summed E-state index contributed by atoms with van der Waals surface area (Å²) < 4.78 is 79.7. The van der Waals surface area contributed by atoms with Crippen LogP contribution in [0.5, 0.6) is 0 Å². The van der Waals surface area contributed by atoms with E-state index >= 15 is 0 Å². The van der Waals surface area contributed by atoms with Gasteiger partial charge in [-0.15, -0.1) is 0 Å². The van der Waals surface area contributed by atoms with Crippen molar-refractivity contribution in [2.24, 2.45) is 0 Å². The van der Waals surface area contributed by atoms with Crippen molar-refractivity contribution in [3.63, 3.8) is 0 Å². The zero-order valence-corrected chi connectivity index (χ0v) is 21.3. The summed E-state index contributed by atoms with van der Waals surface area (Å²) in [6, 6.07) is 20.5. The minimum Gasteiger partial charge on any atom is -0.744 e. The molecular formula is C25H14F3IO7S. The standard InChI is InChI=1S/C18H10IO4.C7H5F3O3S/c20-17-7-3-11-1-5-13(9-15(11)22-17)19-14-6-2-12-4-8-18(21)23-16(12)10-14;8-7(9,10)5-1-3-6(4-2-5)14(11,12)13/h1-10H;1-4H,(H,11,12,13)/q+1;/p-1. The lowest BCUT2D eigenvalue weighted by molar-refractivity contribution is -0.597. The van der Waals surface area contributed by atoms with Gasteiger partial charge in [0, 0.05) is 35.0 Å². The second-order valence-electron chi connectivity index (χ2n) is 7.44. The minimum atomic E-state index is -4.68. The molecule has 0 bridgehead atoms. The Bertz CT molecular complexity index is 1720. The van der Waals surface area contributed by atoms with E-state index < -0.39 is 48.0 Å². The van der Waals surface area contributed by atoms with E-state index in [0.29, 0.717) is 35.4 Å². The predicted octanol–water partition coefficient (Wildman–Crippen LogP) is 1.64. The fourth-order valence-corrected chi connectivity index (χ4v) is 5.91. The Morgan fingerprint density at radius 2 is 1.11 bits per heavy atom. The van der Waals surface area contributed by atoms with Crippen LogP contribution in [-0.2, 0) is 16.3 Å². The highest BCUT2D eigenvalue weighted by Crippen LogP contribution is 2.29. The van der Waals surface area contributed by atoms with Gasteiger partial charge in [-0.1, -0.05) is 0 Å². The van der Waals surface area contributed by atoms with Crippen LogP contribution in [0, 0.1) is 7.14 Å². The van der Waals surface area contributed by atoms with Gasteiger partial charge in [-0.25, -0.2) is 18.0 Å². The van der Waals surface area contributed by atoms with Gasteiger partial charge in [0.15, 0.2) is 7.14 Å². The largest absolute Gasteiger partial charge is 0.744 e. The quantitative estimate of drug-likeness (QED) is 0.167. The van der Waals surface area contributed by atoms with Crippen molar-refractivity contribution in [3.8, 4) is 0 Å². The van der Waals surface area contributed by atoms with Gasteiger partial charge in [0.25, 0.3) is 0 Å². The lowest BCUT2D eigenvalue weighted by atomic mass is 10.2. The van der Waals surface area contributed by atoms with Crippen molar-refractivity contribution < 1.29 is 56.2 Å². The molecule has 12 heteroatoms. The molecule has 0 radical (unpaired) electrons. The van der Waals surface area contributed by atoms with Gasteiger partial charge in [0.2, 0.25) is 0 Å². The summed E-state index contributed by atoms with van der Waals surface area (Å²) in [7, 11) is -4.68. The third-order valence-electron chi connectivity index (χ3n) is 4.86. The first-order valence-electron chi connectivity index (χ1n) is 10.2. The molecule has 0 aliphatic heterocycles. The van der Waals surface area contributed by atoms with E-state index in [1.807, 2.05) is 36.4 Å². The van der Waals surface area contributed by atoms with Crippen molar-refractivity contribution in [1.29, 1.82) is 0 Å². The minimum absolute atomic E-state index is 0.347. The Balaban J connectivity index is 0.000000197. The first-order chi connectivity index (χ1) is 17.4. The molecule has 0 saturated carbocycles. The Hall–Kier alpha value is -3.49. The van der Waals surface area contributed by atoms with E-state index in [1.54, 1.807) is 12.1 Å². The van der Waals surface area contributed by atoms with Gasteiger partial charge in [-0.05, 0) is 60.7 Å². The summed E-state index contributed by atoms with van der Waals surface area (Å²) in [5.41, 5.74) is -0.491. The number of hydrogen-bond acceptors (Lipinski definition) is 7. The molecule has 37 heavy (non-hydrogen) atoms. The maximum Gasteiger partial charge on any atom is 0.416 e. The molecule has 0 aliphatic rings. The Kier molecular flexibility index (Phi) is 7.52. The number of benzene rings is 3. The highest BCUT2D eigenvalue weighted by atomic mass is 127. The molecule has 0 aliphatic carbocycles. The van der Waals surface area contributed by atoms with E-state index in [1.165, 1.54) is 12.1 Å². The third kappa shape index (κ3) is 6.84. The van der Waals surface area contributed by atoms with Gasteiger partial charge in [-0.2, -0.15) is 13.2 Å². The third-order valence-corrected chi connectivity index (χ3v) is 8.30. The Morgan fingerprint density at radius 1 is 0.676 bits per heavy atom.